The van der Waals surface area contributed by atoms with Crippen LogP contribution in [0.1, 0.15) is 20.8 Å². The summed E-state index contributed by atoms with van der Waals surface area (Å²) in [7, 11) is -4.87. The summed E-state index contributed by atoms with van der Waals surface area (Å²) in [5, 5.41) is 3.82. The number of nitrogens with one attached hydrogen (secondary N) is 1. The standard InChI is InChI=1S/C15H27F3N4O3SSi/c1-14(2,3)27(5,6)20-26(23,24)12-7-19-22-8-11(9-25-13(12)22)21(4)10-15(16,17)18/h7,11,20H,8-10H2,1-6H3. The molecular weight excluding hydrogens is 401 g/mol. The number of fused-ring (bicyclic) bond motifs is 1. The third kappa shape index (κ3) is 5.03. The molecule has 2 rings (SSSR count). The first-order valence-electron chi connectivity index (χ1n) is 8.53. The van der Waals surface area contributed by atoms with Crippen LogP contribution in [-0.2, 0) is 16.6 Å². The largest absolute Gasteiger partial charge is 0.475 e. The van der Waals surface area contributed by atoms with Gasteiger partial charge in [0.1, 0.15) is 14.8 Å². The molecule has 0 fully saturated rings. The maximum absolute atomic E-state index is 12.9. The van der Waals surface area contributed by atoms with Crippen molar-refractivity contribution in [1.82, 2.24) is 19.1 Å². The predicted octanol–water partition coefficient (Wildman–Crippen LogP) is 2.42. The maximum Gasteiger partial charge on any atom is 0.401 e. The van der Waals surface area contributed by atoms with E-state index >= 15 is 0 Å². The Bertz CT molecular complexity index is 787. The molecule has 0 aliphatic carbocycles. The molecule has 0 radical (unpaired) electrons. The van der Waals surface area contributed by atoms with Crippen LogP contribution in [-0.4, -0.2) is 63.8 Å². The molecule has 2 heterocycles. The van der Waals surface area contributed by atoms with Crippen LogP contribution in [0.15, 0.2) is 11.1 Å². The number of hydrogen-bond acceptors (Lipinski definition) is 5. The topological polar surface area (TPSA) is 76.5 Å². The van der Waals surface area contributed by atoms with Crippen LogP contribution >= 0.6 is 0 Å². The average molecular weight is 429 g/mol. The van der Waals surface area contributed by atoms with Crippen LogP contribution in [0.2, 0.25) is 18.1 Å². The molecule has 7 nitrogen and oxygen atoms in total. The SMILES string of the molecule is CN(CC(F)(F)F)C1COc2c(S(=O)(=O)N[Si](C)(C)C(C)(C)C)cnn2C1. The second-order valence-corrected chi connectivity index (χ2v) is 15.5. The van der Waals surface area contributed by atoms with E-state index in [9.17, 15) is 21.6 Å². The summed E-state index contributed by atoms with van der Waals surface area (Å²) in [5.74, 6) is 0.0675. The van der Waals surface area contributed by atoms with Crippen molar-refractivity contribution in [3.05, 3.63) is 6.20 Å². The number of likely N-dealkylation sites (N-methyl/N-ethyl adjacent to an activating group) is 1. The van der Waals surface area contributed by atoms with Gasteiger partial charge < -0.3 is 4.74 Å². The number of rotatable bonds is 5. The summed E-state index contributed by atoms with van der Waals surface area (Å²) in [5.41, 5.74) is 0. The summed E-state index contributed by atoms with van der Waals surface area (Å²) in [6.45, 7) is 8.79. The van der Waals surface area contributed by atoms with Gasteiger partial charge in [0, 0.05) is 0 Å². The molecule has 1 aromatic rings. The highest BCUT2D eigenvalue weighted by atomic mass is 32.2. The molecule has 1 aliphatic rings. The maximum atomic E-state index is 12.9. The molecule has 1 aliphatic heterocycles. The Balaban J connectivity index is 2.21. The molecule has 156 valence electrons. The van der Waals surface area contributed by atoms with Crippen molar-refractivity contribution in [2.24, 2.45) is 0 Å². The van der Waals surface area contributed by atoms with E-state index in [0.29, 0.717) is 0 Å². The molecule has 1 aromatic heterocycles. The first kappa shape index (κ1) is 22.2. The fourth-order valence-electron chi connectivity index (χ4n) is 2.47. The van der Waals surface area contributed by atoms with E-state index in [-0.39, 0.29) is 29.0 Å². The third-order valence-electron chi connectivity index (χ3n) is 5.16. The van der Waals surface area contributed by atoms with Gasteiger partial charge >= 0.3 is 6.18 Å². The Labute approximate surface area is 159 Å². The number of aromatic nitrogens is 2. The van der Waals surface area contributed by atoms with Gasteiger partial charge in [-0.2, -0.15) is 18.3 Å². The van der Waals surface area contributed by atoms with E-state index in [1.807, 2.05) is 33.9 Å². The van der Waals surface area contributed by atoms with Crippen LogP contribution in [0.3, 0.4) is 0 Å². The highest BCUT2D eigenvalue weighted by molar-refractivity contribution is 7.91. The van der Waals surface area contributed by atoms with E-state index < -0.39 is 37.0 Å². The smallest absolute Gasteiger partial charge is 0.401 e. The van der Waals surface area contributed by atoms with Crippen LogP contribution in [0.5, 0.6) is 5.88 Å². The quantitative estimate of drug-likeness (QED) is 0.729. The third-order valence-corrected chi connectivity index (χ3v) is 12.9. The molecule has 0 aromatic carbocycles. The Morgan fingerprint density at radius 2 is 1.96 bits per heavy atom. The molecule has 12 heteroatoms. The van der Waals surface area contributed by atoms with Crippen LogP contribution in [0.4, 0.5) is 13.2 Å². The highest BCUT2D eigenvalue weighted by Gasteiger charge is 2.42. The first-order valence-corrected chi connectivity index (χ1v) is 13.0. The number of halogens is 3. The second kappa shape index (κ2) is 7.05. The first-order chi connectivity index (χ1) is 12.0. The van der Waals surface area contributed by atoms with Crippen LogP contribution in [0.25, 0.3) is 0 Å². The van der Waals surface area contributed by atoms with Gasteiger partial charge in [-0.25, -0.2) is 17.5 Å². The van der Waals surface area contributed by atoms with Gasteiger partial charge in [-0.15, -0.1) is 0 Å². The molecule has 1 N–H and O–H groups in total. The van der Waals surface area contributed by atoms with Crippen LogP contribution < -0.4 is 9.12 Å². The van der Waals surface area contributed by atoms with Gasteiger partial charge in [0.2, 0.25) is 15.9 Å². The molecule has 1 unspecified atom stereocenters. The zero-order chi connectivity index (χ0) is 20.8. The Hall–Kier alpha value is -1.11. The highest BCUT2D eigenvalue weighted by Crippen LogP contribution is 2.36. The Kier molecular flexibility index (Phi) is 5.79. The van der Waals surface area contributed by atoms with Gasteiger partial charge in [-0.05, 0) is 12.1 Å². The summed E-state index contributed by atoms with van der Waals surface area (Å²) in [6, 6.07) is -0.553. The van der Waals surface area contributed by atoms with Gasteiger partial charge in [0.15, 0.2) is 4.90 Å². The molecular formula is C15H27F3N4O3SSi. The Morgan fingerprint density at radius 3 is 2.48 bits per heavy atom. The number of ether oxygens (including phenoxy) is 1. The molecule has 0 saturated carbocycles. The van der Waals surface area contributed by atoms with Crippen molar-refractivity contribution in [1.29, 1.82) is 0 Å². The molecule has 0 spiro atoms. The van der Waals surface area contributed by atoms with Gasteiger partial charge in [-0.3, -0.25) is 4.90 Å². The lowest BCUT2D eigenvalue weighted by molar-refractivity contribution is -0.150. The number of alkyl halides is 3. The van der Waals surface area contributed by atoms with Gasteiger partial charge in [0.05, 0.1) is 25.3 Å². The van der Waals surface area contributed by atoms with Gasteiger partial charge in [-0.1, -0.05) is 33.9 Å². The Morgan fingerprint density at radius 1 is 1.37 bits per heavy atom. The number of sulfonamides is 1. The van der Waals surface area contributed by atoms with Crippen molar-refractivity contribution < 1.29 is 26.3 Å². The molecule has 1 atom stereocenters. The minimum absolute atomic E-state index is 0.0408. The molecule has 0 bridgehead atoms. The number of nitrogens with zero attached hydrogens (tertiary/aromatic N) is 3. The zero-order valence-electron chi connectivity index (χ0n) is 16.4. The lowest BCUT2D eigenvalue weighted by Gasteiger charge is -2.36. The van der Waals surface area contributed by atoms with E-state index in [0.717, 1.165) is 4.90 Å². The summed E-state index contributed by atoms with van der Waals surface area (Å²) in [4.78, 5) is 1.05. The minimum Gasteiger partial charge on any atom is -0.475 e. The summed E-state index contributed by atoms with van der Waals surface area (Å²) >= 11 is 0. The van der Waals surface area contributed by atoms with E-state index in [1.165, 1.54) is 17.9 Å². The summed E-state index contributed by atoms with van der Waals surface area (Å²) in [6.07, 6.45) is -3.13. The predicted molar refractivity (Wildman–Crippen MR) is 97.7 cm³/mol. The van der Waals surface area contributed by atoms with Crippen molar-refractivity contribution in [3.8, 4) is 5.88 Å². The van der Waals surface area contributed by atoms with Crippen molar-refractivity contribution >= 4 is 18.3 Å². The second-order valence-electron chi connectivity index (χ2n) is 8.47. The molecule has 0 saturated heterocycles. The van der Waals surface area contributed by atoms with Gasteiger partial charge in [0.25, 0.3) is 0 Å². The lowest BCUT2D eigenvalue weighted by Crippen LogP contribution is -2.54. The van der Waals surface area contributed by atoms with Crippen LogP contribution in [0, 0.1) is 0 Å². The zero-order valence-corrected chi connectivity index (χ0v) is 18.2. The monoisotopic (exact) mass is 428 g/mol. The van der Waals surface area contributed by atoms with Crippen molar-refractivity contribution in [3.63, 3.8) is 0 Å². The van der Waals surface area contributed by atoms with E-state index in [1.54, 1.807) is 0 Å². The molecule has 0 amide bonds. The number of hydrogen-bond donors (Lipinski definition) is 1. The lowest BCUT2D eigenvalue weighted by atomic mass is 10.2. The fraction of sp³-hybridized carbons (Fsp3) is 0.800. The minimum atomic E-state index is -4.32. The van der Waals surface area contributed by atoms with E-state index in [4.69, 9.17) is 4.74 Å². The molecule has 27 heavy (non-hydrogen) atoms. The fourth-order valence-corrected chi connectivity index (χ4v) is 7.40. The van der Waals surface area contributed by atoms with Crippen molar-refractivity contribution in [2.75, 3.05) is 20.2 Å². The van der Waals surface area contributed by atoms with Crippen molar-refractivity contribution in [2.45, 2.75) is 62.6 Å². The summed E-state index contributed by atoms with van der Waals surface area (Å²) < 4.78 is 73.1. The normalized spacial score (nSPS) is 19.1. The van der Waals surface area contributed by atoms with E-state index in [2.05, 4.69) is 9.49 Å². The average Bonchev–Trinajstić information content (AvgIpc) is 2.86.